The highest BCUT2D eigenvalue weighted by Crippen LogP contribution is 2.31. The van der Waals surface area contributed by atoms with Crippen LogP contribution in [0.5, 0.6) is 5.75 Å². The molecule has 9 nitrogen and oxygen atoms in total. The molecular weight excluding hydrogens is 544 g/mol. The van der Waals surface area contributed by atoms with E-state index in [1.807, 2.05) is 13.8 Å². The van der Waals surface area contributed by atoms with E-state index in [2.05, 4.69) is 10.0 Å². The van der Waals surface area contributed by atoms with Crippen LogP contribution in [0.4, 0.5) is 5.69 Å². The van der Waals surface area contributed by atoms with Crippen molar-refractivity contribution in [1.82, 2.24) is 5.32 Å². The van der Waals surface area contributed by atoms with Crippen molar-refractivity contribution in [3.8, 4) is 16.9 Å². The first kappa shape index (κ1) is 29.9. The number of aliphatic hydroxyl groups excluding tert-OH is 1. The first-order valence-corrected chi connectivity index (χ1v) is 14.0. The van der Waals surface area contributed by atoms with Gasteiger partial charge in [-0.2, -0.15) is 0 Å². The molecule has 1 unspecified atom stereocenters. The smallest absolute Gasteiger partial charge is 0.328 e. The molecule has 3 rings (SSSR count). The molecule has 0 saturated heterocycles. The topological polar surface area (TPSA) is 142 Å². The third-order valence-corrected chi connectivity index (χ3v) is 7.71. The van der Waals surface area contributed by atoms with Crippen LogP contribution in [0.3, 0.4) is 0 Å². The molecular formula is C28H31ClN2O7S. The molecule has 0 heterocycles. The van der Waals surface area contributed by atoms with Crippen LogP contribution < -0.4 is 14.8 Å². The summed E-state index contributed by atoms with van der Waals surface area (Å²) in [6.45, 7) is 6.82. The molecule has 0 fully saturated rings. The van der Waals surface area contributed by atoms with Crippen molar-refractivity contribution in [2.45, 2.75) is 38.6 Å². The van der Waals surface area contributed by atoms with Gasteiger partial charge in [-0.3, -0.25) is 9.52 Å². The second kappa shape index (κ2) is 12.5. The fraction of sp³-hybridized carbons (Fsp3) is 0.286. The molecule has 0 aromatic heterocycles. The fourth-order valence-electron chi connectivity index (χ4n) is 3.70. The van der Waals surface area contributed by atoms with Gasteiger partial charge in [0.05, 0.1) is 23.7 Å². The largest absolute Gasteiger partial charge is 0.492 e. The maximum absolute atomic E-state index is 13.1. The summed E-state index contributed by atoms with van der Waals surface area (Å²) in [4.78, 5) is 24.2. The minimum atomic E-state index is -3.90. The van der Waals surface area contributed by atoms with E-state index in [4.69, 9.17) is 21.4 Å². The standard InChI is InChI=1S/C28H31ClN2O7S/c1-16(2)15-38-25-13-20(8-9-22(25)27(33)30-24(14-32)28(34)35)19-6-5-7-21(12-19)31-39(36,37)26-11-17(3)23(29)10-18(26)4/h5-13,16,24,31-32H,14-15H2,1-4H3,(H,30,33)(H,34,35). The normalized spacial score (nSPS) is 12.2. The zero-order valence-electron chi connectivity index (χ0n) is 22.0. The van der Waals surface area contributed by atoms with E-state index in [1.54, 1.807) is 56.3 Å². The number of aliphatic carboxylic acids is 1. The van der Waals surface area contributed by atoms with Crippen LogP contribution in [0, 0.1) is 19.8 Å². The molecule has 0 radical (unpaired) electrons. The number of halogens is 1. The third-order valence-electron chi connectivity index (χ3n) is 5.78. The van der Waals surface area contributed by atoms with E-state index in [1.165, 1.54) is 12.1 Å². The third kappa shape index (κ3) is 7.50. The molecule has 208 valence electrons. The molecule has 0 aliphatic rings. The Labute approximate surface area is 232 Å². The van der Waals surface area contributed by atoms with E-state index >= 15 is 0 Å². The molecule has 4 N–H and O–H groups in total. The lowest BCUT2D eigenvalue weighted by molar-refractivity contribution is -0.140. The summed E-state index contributed by atoms with van der Waals surface area (Å²) in [6, 6.07) is 13.2. The zero-order valence-corrected chi connectivity index (χ0v) is 23.6. The van der Waals surface area contributed by atoms with Gasteiger partial charge in [0.2, 0.25) is 0 Å². The lowest BCUT2D eigenvalue weighted by Crippen LogP contribution is -2.43. The number of ether oxygens (including phenoxy) is 1. The SMILES string of the molecule is Cc1cc(S(=O)(=O)Nc2cccc(-c3ccc(C(=O)NC(CO)C(=O)O)c(OCC(C)C)c3)c2)c(C)cc1Cl. The van der Waals surface area contributed by atoms with Gasteiger partial charge in [-0.05, 0) is 78.4 Å². The molecule has 1 amide bonds. The number of aliphatic hydroxyl groups is 1. The van der Waals surface area contributed by atoms with Crippen molar-refractivity contribution in [2.75, 3.05) is 17.9 Å². The van der Waals surface area contributed by atoms with Crippen molar-refractivity contribution in [1.29, 1.82) is 0 Å². The highest BCUT2D eigenvalue weighted by atomic mass is 35.5. The van der Waals surface area contributed by atoms with Crippen LogP contribution in [0.2, 0.25) is 5.02 Å². The maximum Gasteiger partial charge on any atom is 0.328 e. The number of sulfonamides is 1. The number of nitrogens with one attached hydrogen (secondary N) is 2. The monoisotopic (exact) mass is 574 g/mol. The van der Waals surface area contributed by atoms with Gasteiger partial charge in [-0.15, -0.1) is 0 Å². The first-order valence-electron chi connectivity index (χ1n) is 12.1. The molecule has 1 atom stereocenters. The summed E-state index contributed by atoms with van der Waals surface area (Å²) in [5.74, 6) is -1.71. The van der Waals surface area contributed by atoms with Gasteiger partial charge >= 0.3 is 5.97 Å². The minimum Gasteiger partial charge on any atom is -0.492 e. The highest BCUT2D eigenvalue weighted by molar-refractivity contribution is 7.92. The number of rotatable bonds is 11. The average molecular weight is 575 g/mol. The van der Waals surface area contributed by atoms with Crippen LogP contribution in [0.1, 0.15) is 35.3 Å². The molecule has 0 spiro atoms. The number of benzene rings is 3. The van der Waals surface area contributed by atoms with Crippen LogP contribution in [-0.4, -0.2) is 49.8 Å². The number of carbonyl (C=O) groups excluding carboxylic acids is 1. The van der Waals surface area contributed by atoms with Gasteiger partial charge in [-0.1, -0.05) is 43.6 Å². The van der Waals surface area contributed by atoms with Crippen LogP contribution in [0.25, 0.3) is 11.1 Å². The molecule has 3 aromatic carbocycles. The number of hydrogen-bond acceptors (Lipinski definition) is 6. The highest BCUT2D eigenvalue weighted by Gasteiger charge is 2.23. The second-order valence-corrected chi connectivity index (χ2v) is 11.6. The van der Waals surface area contributed by atoms with Gasteiger partial charge < -0.3 is 20.3 Å². The van der Waals surface area contributed by atoms with E-state index in [9.17, 15) is 23.1 Å². The van der Waals surface area contributed by atoms with Crippen LogP contribution in [0.15, 0.2) is 59.5 Å². The molecule has 0 aliphatic heterocycles. The Hall–Kier alpha value is -3.60. The van der Waals surface area contributed by atoms with Crippen molar-refractivity contribution in [2.24, 2.45) is 5.92 Å². The fourth-order valence-corrected chi connectivity index (χ4v) is 5.28. The molecule has 39 heavy (non-hydrogen) atoms. The average Bonchev–Trinajstić information content (AvgIpc) is 2.87. The molecule has 11 heteroatoms. The number of anilines is 1. The Kier molecular flexibility index (Phi) is 9.60. The lowest BCUT2D eigenvalue weighted by atomic mass is 10.0. The Morgan fingerprint density at radius 2 is 1.69 bits per heavy atom. The number of carboxylic acid groups (broad SMARTS) is 1. The molecule has 0 saturated carbocycles. The van der Waals surface area contributed by atoms with Crippen molar-refractivity contribution >= 4 is 39.2 Å². The van der Waals surface area contributed by atoms with E-state index in [-0.39, 0.29) is 22.1 Å². The first-order chi connectivity index (χ1) is 18.3. The van der Waals surface area contributed by atoms with Crippen molar-refractivity contribution < 1.29 is 33.0 Å². The van der Waals surface area contributed by atoms with Crippen molar-refractivity contribution in [3.63, 3.8) is 0 Å². The lowest BCUT2D eigenvalue weighted by Gasteiger charge is -2.17. The minimum absolute atomic E-state index is 0.101. The summed E-state index contributed by atoms with van der Waals surface area (Å²) in [7, 11) is -3.90. The summed E-state index contributed by atoms with van der Waals surface area (Å²) in [5.41, 5.74) is 2.88. The quantitative estimate of drug-likeness (QED) is 0.261. The Balaban J connectivity index is 1.95. The summed E-state index contributed by atoms with van der Waals surface area (Å²) in [5, 5.41) is 21.2. The van der Waals surface area contributed by atoms with E-state index in [0.29, 0.717) is 39.6 Å². The van der Waals surface area contributed by atoms with Crippen molar-refractivity contribution in [3.05, 3.63) is 76.3 Å². The Bertz CT molecular complexity index is 1490. The van der Waals surface area contributed by atoms with Gasteiger partial charge in [0.1, 0.15) is 5.75 Å². The number of hydrogen-bond donors (Lipinski definition) is 4. The van der Waals surface area contributed by atoms with Gasteiger partial charge in [-0.25, -0.2) is 13.2 Å². The van der Waals surface area contributed by atoms with Gasteiger partial charge in [0.15, 0.2) is 6.04 Å². The maximum atomic E-state index is 13.1. The molecule has 0 bridgehead atoms. The van der Waals surface area contributed by atoms with Crippen LogP contribution in [-0.2, 0) is 14.8 Å². The second-order valence-electron chi connectivity index (χ2n) is 9.52. The molecule has 0 aliphatic carbocycles. The Morgan fingerprint density at radius 3 is 2.33 bits per heavy atom. The zero-order chi connectivity index (χ0) is 28.9. The number of amides is 1. The summed E-state index contributed by atoms with van der Waals surface area (Å²) < 4.78 is 34.8. The van der Waals surface area contributed by atoms with Crippen LogP contribution >= 0.6 is 11.6 Å². The number of aryl methyl sites for hydroxylation is 2. The molecule has 3 aromatic rings. The number of carbonyl (C=O) groups is 2. The van der Waals surface area contributed by atoms with Gasteiger partial charge in [0, 0.05) is 10.7 Å². The summed E-state index contributed by atoms with van der Waals surface area (Å²) in [6.07, 6.45) is 0. The predicted molar refractivity (Wildman–Crippen MR) is 150 cm³/mol. The number of carboxylic acids is 1. The Morgan fingerprint density at radius 1 is 1.00 bits per heavy atom. The van der Waals surface area contributed by atoms with E-state index in [0.717, 1.165) is 0 Å². The van der Waals surface area contributed by atoms with Gasteiger partial charge in [0.25, 0.3) is 15.9 Å². The van der Waals surface area contributed by atoms with E-state index < -0.39 is 34.5 Å². The summed E-state index contributed by atoms with van der Waals surface area (Å²) >= 11 is 6.13. The predicted octanol–water partition coefficient (Wildman–Crippen LogP) is 4.63.